The van der Waals surface area contributed by atoms with Crippen molar-refractivity contribution in [2.24, 2.45) is 5.41 Å². The van der Waals surface area contributed by atoms with Crippen LogP contribution in [0.5, 0.6) is 0 Å². The van der Waals surface area contributed by atoms with E-state index in [0.717, 1.165) is 0 Å². The predicted octanol–water partition coefficient (Wildman–Crippen LogP) is -1.11. The van der Waals surface area contributed by atoms with E-state index in [2.05, 4.69) is 16.0 Å². The zero-order chi connectivity index (χ0) is 47.5. The lowest BCUT2D eigenvalue weighted by Crippen LogP contribution is -2.30. The molecule has 0 aromatic heterocycles. The number of carboxylic acid groups (broad SMARTS) is 3. The van der Waals surface area contributed by atoms with E-state index in [1.54, 1.807) is 0 Å². The summed E-state index contributed by atoms with van der Waals surface area (Å²) < 4.78 is 65.5. The maximum Gasteiger partial charge on any atom is 0.305 e. The van der Waals surface area contributed by atoms with Crippen molar-refractivity contribution in [1.82, 2.24) is 16.0 Å². The van der Waals surface area contributed by atoms with Crippen molar-refractivity contribution in [3.63, 3.8) is 0 Å². The van der Waals surface area contributed by atoms with Crippen LogP contribution in [0.25, 0.3) is 0 Å². The Hall–Kier alpha value is -3.66. The highest BCUT2D eigenvalue weighted by atomic mass is 16.6. The Morgan fingerprint density at radius 3 is 0.923 bits per heavy atom. The molecule has 6 N–H and O–H groups in total. The second kappa shape index (κ2) is 41.7. The van der Waals surface area contributed by atoms with Gasteiger partial charge in [0, 0.05) is 44.3 Å². The van der Waals surface area contributed by atoms with Crippen LogP contribution in [0, 0.1) is 5.41 Å². The number of amides is 3. The van der Waals surface area contributed by atoms with Crippen LogP contribution >= 0.6 is 0 Å². The lowest BCUT2D eigenvalue weighted by molar-refractivity contribution is -0.139. The fraction of sp³-hybridized carbons (Fsp3) is 0.854. The van der Waals surface area contributed by atoms with Crippen molar-refractivity contribution in [2.75, 3.05) is 172 Å². The number of ether oxygens (including phenoxy) is 12. The Morgan fingerprint density at radius 1 is 0.354 bits per heavy atom. The first-order valence-corrected chi connectivity index (χ1v) is 22.0. The van der Waals surface area contributed by atoms with Gasteiger partial charge in [-0.05, 0) is 6.42 Å². The minimum Gasteiger partial charge on any atom is -0.481 e. The SMILES string of the molecule is O=C(O)CCOCCOCCOCCNC(=O)CCOCC1(COCCC(=O)NCCOCCOCCOCCC(=O)O)CC1OCCC(=O)NCCOCCOCCOCCC(=O)O. The Labute approximate surface area is 380 Å². The van der Waals surface area contributed by atoms with Crippen LogP contribution in [0.15, 0.2) is 0 Å². The van der Waals surface area contributed by atoms with E-state index in [0.29, 0.717) is 105 Å². The van der Waals surface area contributed by atoms with Crippen LogP contribution in [-0.2, 0) is 85.6 Å². The zero-order valence-corrected chi connectivity index (χ0v) is 37.6. The fourth-order valence-electron chi connectivity index (χ4n) is 5.22. The summed E-state index contributed by atoms with van der Waals surface area (Å²) >= 11 is 0. The van der Waals surface area contributed by atoms with Gasteiger partial charge in [0.2, 0.25) is 17.7 Å². The van der Waals surface area contributed by atoms with Crippen molar-refractivity contribution in [1.29, 1.82) is 0 Å². The van der Waals surface area contributed by atoms with E-state index in [-0.39, 0.29) is 135 Å². The maximum atomic E-state index is 12.4. The smallest absolute Gasteiger partial charge is 0.305 e. The molecule has 1 fully saturated rings. The van der Waals surface area contributed by atoms with Crippen LogP contribution in [0.3, 0.4) is 0 Å². The van der Waals surface area contributed by atoms with E-state index >= 15 is 0 Å². The summed E-state index contributed by atoms with van der Waals surface area (Å²) in [4.78, 5) is 68.4. The van der Waals surface area contributed by atoms with Gasteiger partial charge < -0.3 is 88.1 Å². The van der Waals surface area contributed by atoms with Crippen LogP contribution < -0.4 is 16.0 Å². The molecule has 378 valence electrons. The van der Waals surface area contributed by atoms with Gasteiger partial charge in [-0.2, -0.15) is 0 Å². The molecule has 0 aromatic rings. The predicted molar refractivity (Wildman–Crippen MR) is 225 cm³/mol. The average Bonchev–Trinajstić information content (AvgIpc) is 3.96. The van der Waals surface area contributed by atoms with Crippen molar-refractivity contribution in [3.8, 4) is 0 Å². The van der Waals surface area contributed by atoms with Gasteiger partial charge >= 0.3 is 17.9 Å². The fourth-order valence-corrected chi connectivity index (χ4v) is 5.22. The third-order valence-electron chi connectivity index (χ3n) is 8.81. The molecule has 1 saturated carbocycles. The van der Waals surface area contributed by atoms with Crippen LogP contribution in [-0.4, -0.2) is 229 Å². The van der Waals surface area contributed by atoms with Crippen molar-refractivity contribution >= 4 is 35.6 Å². The summed E-state index contributed by atoms with van der Waals surface area (Å²) in [5, 5.41) is 34.0. The first-order valence-electron chi connectivity index (χ1n) is 22.0. The first-order chi connectivity index (χ1) is 31.5. The van der Waals surface area contributed by atoms with Gasteiger partial charge in [-0.1, -0.05) is 0 Å². The number of aliphatic carboxylic acids is 3. The number of rotatable bonds is 50. The molecule has 24 nitrogen and oxygen atoms in total. The van der Waals surface area contributed by atoms with Gasteiger partial charge in [-0.3, -0.25) is 28.8 Å². The third kappa shape index (κ3) is 39.2. The second-order valence-electron chi connectivity index (χ2n) is 14.3. The molecular formula is C41H73N3O21. The first kappa shape index (κ1) is 59.4. The summed E-state index contributed by atoms with van der Waals surface area (Å²) in [5.41, 5.74) is -0.509. The molecule has 0 spiro atoms. The van der Waals surface area contributed by atoms with E-state index < -0.39 is 23.3 Å². The zero-order valence-electron chi connectivity index (χ0n) is 37.6. The molecule has 0 bridgehead atoms. The Kier molecular flexibility index (Phi) is 38.1. The van der Waals surface area contributed by atoms with Crippen molar-refractivity contribution in [2.45, 2.75) is 51.0 Å². The Morgan fingerprint density at radius 2 is 0.615 bits per heavy atom. The Balaban J connectivity index is 2.29. The molecule has 1 aliphatic carbocycles. The quantitative estimate of drug-likeness (QED) is 0.0394. The van der Waals surface area contributed by atoms with Gasteiger partial charge in [0.05, 0.1) is 177 Å². The van der Waals surface area contributed by atoms with Gasteiger partial charge in [-0.25, -0.2) is 0 Å². The molecule has 0 radical (unpaired) electrons. The number of carbonyl (C=O) groups is 6. The van der Waals surface area contributed by atoms with E-state index in [9.17, 15) is 28.8 Å². The highest BCUT2D eigenvalue weighted by molar-refractivity contribution is 5.76. The molecule has 65 heavy (non-hydrogen) atoms. The summed E-state index contributed by atoms with van der Waals surface area (Å²) in [5.74, 6) is -3.38. The molecule has 0 heterocycles. The number of carbonyl (C=O) groups excluding carboxylic acids is 3. The molecule has 1 atom stereocenters. The van der Waals surface area contributed by atoms with Crippen LogP contribution in [0.1, 0.15) is 44.9 Å². The van der Waals surface area contributed by atoms with E-state index in [1.807, 2.05) is 0 Å². The van der Waals surface area contributed by atoms with Crippen LogP contribution in [0.4, 0.5) is 0 Å². The molecule has 3 amide bonds. The minimum absolute atomic E-state index is 0.0594. The standard InChI is InChI=1S/C41H73N3O21/c45-35(42-7-16-57-22-28-60-25-19-54-12-4-38(48)49)1-10-63-32-41(33-64-11-2-36(46)43-8-17-58-23-29-61-26-20-55-13-5-39(50)51)31-34(41)65-15-3-37(47)44-9-18-59-24-30-62-27-21-56-14-6-40(52)53/h34H,1-33H2,(H,42,45)(H,43,46)(H,44,47)(H,48,49)(H,50,51)(H,52,53). The van der Waals surface area contributed by atoms with Gasteiger partial charge in [0.25, 0.3) is 0 Å². The molecule has 1 unspecified atom stereocenters. The van der Waals surface area contributed by atoms with Crippen LogP contribution in [0.2, 0.25) is 0 Å². The van der Waals surface area contributed by atoms with Crippen molar-refractivity contribution in [3.05, 3.63) is 0 Å². The molecule has 0 aromatic carbocycles. The van der Waals surface area contributed by atoms with Gasteiger partial charge in [0.1, 0.15) is 0 Å². The highest BCUT2D eigenvalue weighted by Crippen LogP contribution is 2.49. The monoisotopic (exact) mass is 943 g/mol. The topological polar surface area (TPSA) is 310 Å². The molecule has 24 heteroatoms. The largest absolute Gasteiger partial charge is 0.481 e. The third-order valence-corrected chi connectivity index (χ3v) is 8.81. The summed E-state index contributed by atoms with van der Waals surface area (Å²) in [6, 6.07) is 0. The molecule has 0 aliphatic heterocycles. The molecule has 1 aliphatic rings. The number of hydrogen-bond donors (Lipinski definition) is 6. The van der Waals surface area contributed by atoms with Gasteiger partial charge in [0.15, 0.2) is 0 Å². The van der Waals surface area contributed by atoms with Gasteiger partial charge in [-0.15, -0.1) is 0 Å². The molecule has 0 saturated heterocycles. The highest BCUT2D eigenvalue weighted by Gasteiger charge is 2.56. The number of hydrogen-bond acceptors (Lipinski definition) is 18. The number of nitrogens with one attached hydrogen (secondary N) is 3. The second-order valence-corrected chi connectivity index (χ2v) is 14.3. The molecule has 1 rings (SSSR count). The van der Waals surface area contributed by atoms with E-state index in [4.69, 9.17) is 72.2 Å². The van der Waals surface area contributed by atoms with Crippen molar-refractivity contribution < 1.29 is 101 Å². The number of carboxylic acids is 3. The maximum absolute atomic E-state index is 12.4. The molecular weight excluding hydrogens is 870 g/mol. The Bertz CT molecular complexity index is 1210. The normalized spacial score (nSPS) is 13.9. The average molecular weight is 944 g/mol. The minimum atomic E-state index is -0.921. The summed E-state index contributed by atoms with van der Waals surface area (Å²) in [7, 11) is 0. The lowest BCUT2D eigenvalue weighted by Gasteiger charge is -2.18. The van der Waals surface area contributed by atoms with E-state index in [1.165, 1.54) is 0 Å². The lowest BCUT2D eigenvalue weighted by atomic mass is 10.1. The summed E-state index contributed by atoms with van der Waals surface area (Å²) in [6.07, 6.45) is 0.551. The summed E-state index contributed by atoms with van der Waals surface area (Å²) in [6.45, 7) is 6.96.